The van der Waals surface area contributed by atoms with Crippen molar-refractivity contribution in [3.63, 3.8) is 0 Å². The molecule has 2 aromatic rings. The van der Waals surface area contributed by atoms with Crippen molar-refractivity contribution in [2.45, 2.75) is 19.4 Å². The van der Waals surface area contributed by atoms with Crippen LogP contribution < -0.4 is 10.5 Å². The van der Waals surface area contributed by atoms with E-state index in [-0.39, 0.29) is 18.4 Å². The zero-order valence-corrected chi connectivity index (χ0v) is 11.0. The number of carbonyl (C=O) groups excluding carboxylic acids is 1. The molecule has 2 aromatic heterocycles. The number of carbonyl (C=O) groups is 1. The molecule has 0 bridgehead atoms. The number of hydrogen-bond donors (Lipinski definition) is 2. The highest BCUT2D eigenvalue weighted by molar-refractivity contribution is 7.71. The maximum absolute atomic E-state index is 11.0. The normalized spacial score (nSPS) is 12.6. The third-order valence-electron chi connectivity index (χ3n) is 2.68. The number of ether oxygens (including phenoxy) is 1. The van der Waals surface area contributed by atoms with Crippen molar-refractivity contribution in [2.24, 2.45) is 5.73 Å². The smallest absolute Gasteiger partial charge is 0.219 e. The molecule has 18 heavy (non-hydrogen) atoms. The van der Waals surface area contributed by atoms with Gasteiger partial charge in [-0.25, -0.2) is 0 Å². The van der Waals surface area contributed by atoms with Gasteiger partial charge in [-0.05, 0) is 25.2 Å². The van der Waals surface area contributed by atoms with Crippen LogP contribution in [0.5, 0.6) is 5.88 Å². The van der Waals surface area contributed by atoms with Gasteiger partial charge in [0.2, 0.25) is 11.8 Å². The summed E-state index contributed by atoms with van der Waals surface area (Å²) in [5.74, 6) is 0.123. The Kier molecular flexibility index (Phi) is 3.33. The number of fused-ring (bicyclic) bond motifs is 1. The van der Waals surface area contributed by atoms with Gasteiger partial charge in [0.05, 0.1) is 12.6 Å². The first-order valence-electron chi connectivity index (χ1n) is 5.46. The molecule has 0 aliphatic rings. The van der Waals surface area contributed by atoms with Crippen molar-refractivity contribution in [1.29, 1.82) is 0 Å². The standard InChI is InChI=1S/C11H14N4O2S/c1-6(5-8(12)16)15-10-7(13-11(15)18)3-4-9(14-10)17-2/h3-4,6H,5H2,1-2H3,(H2,12,16)(H,13,18). The number of aromatic amines is 1. The van der Waals surface area contributed by atoms with Crippen molar-refractivity contribution >= 4 is 29.3 Å². The summed E-state index contributed by atoms with van der Waals surface area (Å²) in [4.78, 5) is 18.4. The highest BCUT2D eigenvalue weighted by Crippen LogP contribution is 2.21. The van der Waals surface area contributed by atoms with Gasteiger partial charge in [-0.15, -0.1) is 0 Å². The van der Waals surface area contributed by atoms with Gasteiger partial charge in [0.25, 0.3) is 0 Å². The molecule has 1 unspecified atom stereocenters. The fourth-order valence-corrected chi connectivity index (χ4v) is 2.27. The second kappa shape index (κ2) is 4.77. The number of nitrogens with zero attached hydrogens (tertiary/aromatic N) is 2. The summed E-state index contributed by atoms with van der Waals surface area (Å²) >= 11 is 5.24. The zero-order valence-electron chi connectivity index (χ0n) is 10.1. The lowest BCUT2D eigenvalue weighted by atomic mass is 10.2. The number of hydrogen-bond acceptors (Lipinski definition) is 4. The molecule has 0 saturated carbocycles. The van der Waals surface area contributed by atoms with Gasteiger partial charge < -0.3 is 15.5 Å². The second-order valence-corrected chi connectivity index (χ2v) is 4.43. The number of primary amides is 1. The number of nitrogens with one attached hydrogen (secondary N) is 1. The SMILES string of the molecule is COc1ccc2[nH]c(=S)n(C(C)CC(N)=O)c2n1. The summed E-state index contributed by atoms with van der Waals surface area (Å²) in [6.07, 6.45) is 0.208. The van der Waals surface area contributed by atoms with E-state index in [4.69, 9.17) is 22.7 Å². The molecule has 6 nitrogen and oxygen atoms in total. The first-order valence-corrected chi connectivity index (χ1v) is 5.87. The molecule has 0 fully saturated rings. The Morgan fingerprint density at radius 3 is 3.00 bits per heavy atom. The molecular formula is C11H14N4O2S. The molecule has 96 valence electrons. The summed E-state index contributed by atoms with van der Waals surface area (Å²) in [5, 5.41) is 0. The minimum Gasteiger partial charge on any atom is -0.481 e. The van der Waals surface area contributed by atoms with E-state index in [2.05, 4.69) is 9.97 Å². The summed E-state index contributed by atoms with van der Waals surface area (Å²) in [5.41, 5.74) is 6.67. The Hall–Kier alpha value is -1.89. The lowest BCUT2D eigenvalue weighted by Gasteiger charge is -2.12. The summed E-state index contributed by atoms with van der Waals surface area (Å²) in [6.45, 7) is 1.87. The average Bonchev–Trinajstić information content (AvgIpc) is 2.62. The lowest BCUT2D eigenvalue weighted by molar-refractivity contribution is -0.118. The minimum absolute atomic E-state index is 0.150. The van der Waals surface area contributed by atoms with E-state index in [1.165, 1.54) is 0 Å². The number of methoxy groups -OCH3 is 1. The number of rotatable bonds is 4. The van der Waals surface area contributed by atoms with E-state index < -0.39 is 0 Å². The van der Waals surface area contributed by atoms with Gasteiger partial charge in [0, 0.05) is 18.5 Å². The van der Waals surface area contributed by atoms with Gasteiger partial charge in [-0.1, -0.05) is 0 Å². The van der Waals surface area contributed by atoms with Crippen molar-refractivity contribution in [3.05, 3.63) is 16.9 Å². The van der Waals surface area contributed by atoms with E-state index in [1.54, 1.807) is 17.7 Å². The first-order chi connectivity index (χ1) is 8.52. The van der Waals surface area contributed by atoms with Crippen LogP contribution >= 0.6 is 12.2 Å². The van der Waals surface area contributed by atoms with E-state index in [1.807, 2.05) is 13.0 Å². The Balaban J connectivity index is 2.57. The van der Waals surface area contributed by atoms with Crippen LogP contribution in [0.25, 0.3) is 11.2 Å². The Labute approximate surface area is 109 Å². The molecule has 0 saturated heterocycles. The fourth-order valence-electron chi connectivity index (χ4n) is 1.89. The van der Waals surface area contributed by atoms with Gasteiger partial charge >= 0.3 is 0 Å². The van der Waals surface area contributed by atoms with Crippen molar-refractivity contribution in [3.8, 4) is 5.88 Å². The van der Waals surface area contributed by atoms with Crippen molar-refractivity contribution < 1.29 is 9.53 Å². The van der Waals surface area contributed by atoms with Gasteiger partial charge in [0.15, 0.2) is 10.4 Å². The van der Waals surface area contributed by atoms with Crippen LogP contribution in [0.1, 0.15) is 19.4 Å². The summed E-state index contributed by atoms with van der Waals surface area (Å²) < 4.78 is 7.37. The predicted octanol–water partition coefficient (Wildman–Crippen LogP) is 1.54. The summed E-state index contributed by atoms with van der Waals surface area (Å²) in [7, 11) is 1.55. The number of aromatic nitrogens is 3. The topological polar surface area (TPSA) is 85.9 Å². The zero-order chi connectivity index (χ0) is 13.3. The fraction of sp³-hybridized carbons (Fsp3) is 0.364. The largest absolute Gasteiger partial charge is 0.481 e. The second-order valence-electron chi connectivity index (χ2n) is 4.04. The van der Waals surface area contributed by atoms with E-state index >= 15 is 0 Å². The number of imidazole rings is 1. The lowest BCUT2D eigenvalue weighted by Crippen LogP contribution is -2.17. The minimum atomic E-state index is -0.373. The highest BCUT2D eigenvalue weighted by Gasteiger charge is 2.14. The first kappa shape index (κ1) is 12.6. The monoisotopic (exact) mass is 266 g/mol. The van der Waals surface area contributed by atoms with Gasteiger partial charge in [-0.3, -0.25) is 9.36 Å². The van der Waals surface area contributed by atoms with Crippen LogP contribution in [0, 0.1) is 4.77 Å². The third kappa shape index (κ3) is 2.21. The molecule has 3 N–H and O–H groups in total. The highest BCUT2D eigenvalue weighted by atomic mass is 32.1. The molecule has 0 aromatic carbocycles. The predicted molar refractivity (Wildman–Crippen MR) is 70.0 cm³/mol. The molecule has 2 rings (SSSR count). The van der Waals surface area contributed by atoms with Crippen LogP contribution in [0.4, 0.5) is 0 Å². The Morgan fingerprint density at radius 1 is 1.67 bits per heavy atom. The van der Waals surface area contributed by atoms with E-state index in [0.29, 0.717) is 16.3 Å². The number of H-pyrrole nitrogens is 1. The molecule has 0 radical (unpaired) electrons. The Morgan fingerprint density at radius 2 is 2.39 bits per heavy atom. The molecule has 0 aliphatic heterocycles. The maximum atomic E-state index is 11.0. The van der Waals surface area contributed by atoms with Crippen molar-refractivity contribution in [2.75, 3.05) is 7.11 Å². The van der Waals surface area contributed by atoms with Crippen LogP contribution in [-0.2, 0) is 4.79 Å². The molecule has 0 spiro atoms. The van der Waals surface area contributed by atoms with Crippen LogP contribution in [-0.4, -0.2) is 27.6 Å². The molecular weight excluding hydrogens is 252 g/mol. The number of nitrogens with two attached hydrogens (primary N) is 1. The molecule has 1 amide bonds. The van der Waals surface area contributed by atoms with Crippen LogP contribution in [0.3, 0.4) is 0 Å². The number of amides is 1. The van der Waals surface area contributed by atoms with Gasteiger partial charge in [-0.2, -0.15) is 4.98 Å². The van der Waals surface area contributed by atoms with Crippen LogP contribution in [0.15, 0.2) is 12.1 Å². The molecule has 2 heterocycles. The quantitative estimate of drug-likeness (QED) is 0.822. The Bertz CT molecular complexity index is 646. The molecule has 1 atom stereocenters. The van der Waals surface area contributed by atoms with Gasteiger partial charge in [0.1, 0.15) is 0 Å². The maximum Gasteiger partial charge on any atom is 0.219 e. The van der Waals surface area contributed by atoms with Crippen LogP contribution in [0.2, 0.25) is 0 Å². The molecule has 7 heteroatoms. The van der Waals surface area contributed by atoms with E-state index in [9.17, 15) is 4.79 Å². The summed E-state index contributed by atoms with van der Waals surface area (Å²) in [6, 6.07) is 3.43. The average molecular weight is 266 g/mol. The molecule has 0 aliphatic carbocycles. The van der Waals surface area contributed by atoms with E-state index in [0.717, 1.165) is 5.52 Å². The third-order valence-corrected chi connectivity index (χ3v) is 2.98. The van der Waals surface area contributed by atoms with Crippen molar-refractivity contribution in [1.82, 2.24) is 14.5 Å². The number of pyridine rings is 1.